The Morgan fingerprint density at radius 3 is 2.27 bits per heavy atom. The van der Waals surface area contributed by atoms with Crippen molar-refractivity contribution in [3.8, 4) is 5.75 Å². The Bertz CT molecular complexity index is 1150. The molecule has 1 atom stereocenters. The van der Waals surface area contributed by atoms with E-state index in [1.807, 2.05) is 12.1 Å². The fraction of sp³-hybridized carbons (Fsp3) is 0.160. The summed E-state index contributed by atoms with van der Waals surface area (Å²) in [5.74, 6) is -0.128. The number of halogens is 1. The quantitative estimate of drug-likeness (QED) is 0.514. The van der Waals surface area contributed by atoms with Crippen molar-refractivity contribution in [2.75, 3.05) is 17.3 Å². The fourth-order valence-corrected chi connectivity index (χ4v) is 3.80. The minimum atomic E-state index is -0.938. The third kappa shape index (κ3) is 4.99. The normalized spacial score (nSPS) is 15.6. The van der Waals surface area contributed by atoms with Crippen molar-refractivity contribution >= 4 is 40.8 Å². The standard InChI is InChI=1S/C25H22ClN3O4/c1-33-21-13-7-17(8-14-21)16-28-22(15-23(30)27-19-11-9-18(26)10-12-19)24(31)29(25(28)32)20-5-3-2-4-6-20/h2-14,22H,15-16H2,1H3,(H,27,30)/t22-/m1/s1. The lowest BCUT2D eigenvalue weighted by Crippen LogP contribution is -2.37. The molecule has 1 saturated heterocycles. The van der Waals surface area contributed by atoms with E-state index in [0.717, 1.165) is 10.5 Å². The maximum Gasteiger partial charge on any atom is 0.332 e. The molecular weight excluding hydrogens is 442 g/mol. The summed E-state index contributed by atoms with van der Waals surface area (Å²) >= 11 is 5.90. The molecule has 0 spiro atoms. The van der Waals surface area contributed by atoms with E-state index in [9.17, 15) is 14.4 Å². The summed E-state index contributed by atoms with van der Waals surface area (Å²) in [6.45, 7) is 0.177. The predicted octanol–water partition coefficient (Wildman–Crippen LogP) is 4.71. The molecule has 168 valence electrons. The number of amides is 4. The number of urea groups is 1. The minimum absolute atomic E-state index is 0.174. The van der Waals surface area contributed by atoms with Crippen LogP contribution in [0.2, 0.25) is 5.02 Å². The van der Waals surface area contributed by atoms with Gasteiger partial charge in [-0.1, -0.05) is 41.9 Å². The van der Waals surface area contributed by atoms with Gasteiger partial charge in [-0.15, -0.1) is 0 Å². The van der Waals surface area contributed by atoms with Crippen LogP contribution in [0.25, 0.3) is 0 Å². The average Bonchev–Trinajstić information content (AvgIpc) is 3.05. The molecule has 3 aromatic carbocycles. The molecule has 1 fully saturated rings. The van der Waals surface area contributed by atoms with Gasteiger partial charge in [0.15, 0.2) is 0 Å². The van der Waals surface area contributed by atoms with Crippen molar-refractivity contribution < 1.29 is 19.1 Å². The van der Waals surface area contributed by atoms with Crippen LogP contribution in [0, 0.1) is 0 Å². The molecule has 4 amide bonds. The Morgan fingerprint density at radius 1 is 0.970 bits per heavy atom. The highest BCUT2D eigenvalue weighted by atomic mass is 35.5. The monoisotopic (exact) mass is 463 g/mol. The largest absolute Gasteiger partial charge is 0.497 e. The molecule has 33 heavy (non-hydrogen) atoms. The summed E-state index contributed by atoms with van der Waals surface area (Å²) in [5, 5.41) is 3.31. The van der Waals surface area contributed by atoms with Gasteiger partial charge in [0.1, 0.15) is 11.8 Å². The van der Waals surface area contributed by atoms with E-state index in [4.69, 9.17) is 16.3 Å². The summed E-state index contributed by atoms with van der Waals surface area (Å²) < 4.78 is 5.19. The lowest BCUT2D eigenvalue weighted by atomic mass is 10.1. The molecular formula is C25H22ClN3O4. The van der Waals surface area contributed by atoms with Gasteiger partial charge in [-0.05, 0) is 54.1 Å². The second kappa shape index (κ2) is 9.75. The van der Waals surface area contributed by atoms with Gasteiger partial charge < -0.3 is 15.0 Å². The summed E-state index contributed by atoms with van der Waals surface area (Å²) in [7, 11) is 1.57. The number of ether oxygens (including phenoxy) is 1. The van der Waals surface area contributed by atoms with Crippen LogP contribution in [-0.2, 0) is 16.1 Å². The number of methoxy groups -OCH3 is 1. The van der Waals surface area contributed by atoms with Crippen molar-refractivity contribution in [1.82, 2.24) is 4.90 Å². The molecule has 8 heteroatoms. The maximum absolute atomic E-state index is 13.3. The summed E-state index contributed by atoms with van der Waals surface area (Å²) in [6, 6.07) is 21.2. The molecule has 0 aromatic heterocycles. The molecule has 7 nitrogen and oxygen atoms in total. The van der Waals surface area contributed by atoms with Gasteiger partial charge in [-0.3, -0.25) is 9.59 Å². The van der Waals surface area contributed by atoms with E-state index in [2.05, 4.69) is 5.32 Å². The molecule has 1 N–H and O–H groups in total. The molecule has 0 saturated carbocycles. The highest BCUT2D eigenvalue weighted by Gasteiger charge is 2.46. The maximum atomic E-state index is 13.3. The Labute approximate surface area is 196 Å². The van der Waals surface area contributed by atoms with E-state index < -0.39 is 18.0 Å². The lowest BCUT2D eigenvalue weighted by Gasteiger charge is -2.22. The van der Waals surface area contributed by atoms with Gasteiger partial charge >= 0.3 is 6.03 Å². The summed E-state index contributed by atoms with van der Waals surface area (Å²) in [5.41, 5.74) is 1.84. The van der Waals surface area contributed by atoms with Crippen LogP contribution in [-0.4, -0.2) is 35.9 Å². The van der Waals surface area contributed by atoms with Crippen molar-refractivity contribution in [3.05, 3.63) is 89.4 Å². The number of nitrogens with zero attached hydrogens (tertiary/aromatic N) is 2. The number of imide groups is 1. The Balaban J connectivity index is 1.58. The smallest absolute Gasteiger partial charge is 0.332 e. The van der Waals surface area contributed by atoms with E-state index in [1.54, 1.807) is 73.8 Å². The molecule has 1 aliphatic rings. The van der Waals surface area contributed by atoms with E-state index in [1.165, 1.54) is 4.90 Å². The third-order valence-electron chi connectivity index (χ3n) is 5.35. The number of carbonyl (C=O) groups is 3. The van der Waals surface area contributed by atoms with Gasteiger partial charge in [0.05, 0.1) is 19.2 Å². The number of carbonyl (C=O) groups excluding carboxylic acids is 3. The van der Waals surface area contributed by atoms with Crippen LogP contribution in [0.4, 0.5) is 16.2 Å². The third-order valence-corrected chi connectivity index (χ3v) is 5.60. The van der Waals surface area contributed by atoms with Crippen LogP contribution >= 0.6 is 11.6 Å². The molecule has 3 aromatic rings. The first-order chi connectivity index (χ1) is 16.0. The van der Waals surface area contributed by atoms with Crippen molar-refractivity contribution in [3.63, 3.8) is 0 Å². The van der Waals surface area contributed by atoms with E-state index in [-0.39, 0.29) is 18.9 Å². The molecule has 0 bridgehead atoms. The number of hydrogen-bond acceptors (Lipinski definition) is 4. The first-order valence-corrected chi connectivity index (χ1v) is 10.7. The number of para-hydroxylation sites is 1. The zero-order valence-electron chi connectivity index (χ0n) is 17.9. The zero-order chi connectivity index (χ0) is 23.4. The Morgan fingerprint density at radius 2 is 1.64 bits per heavy atom. The van der Waals surface area contributed by atoms with Crippen LogP contribution in [0.5, 0.6) is 5.75 Å². The number of hydrogen-bond donors (Lipinski definition) is 1. The molecule has 0 unspecified atom stereocenters. The van der Waals surface area contributed by atoms with Crippen molar-refractivity contribution in [1.29, 1.82) is 0 Å². The topological polar surface area (TPSA) is 79.0 Å². The number of rotatable bonds is 7. The van der Waals surface area contributed by atoms with Crippen molar-refractivity contribution in [2.45, 2.75) is 19.0 Å². The summed E-state index contributed by atoms with van der Waals surface area (Å²) in [6.07, 6.45) is -0.174. The van der Waals surface area contributed by atoms with Gasteiger partial charge in [-0.2, -0.15) is 0 Å². The lowest BCUT2D eigenvalue weighted by molar-refractivity contribution is -0.124. The predicted molar refractivity (Wildman–Crippen MR) is 126 cm³/mol. The number of nitrogens with one attached hydrogen (secondary N) is 1. The molecule has 1 aliphatic heterocycles. The van der Waals surface area contributed by atoms with E-state index in [0.29, 0.717) is 22.1 Å². The molecule has 1 heterocycles. The second-order valence-electron chi connectivity index (χ2n) is 7.54. The first kappa shape index (κ1) is 22.4. The molecule has 0 aliphatic carbocycles. The Kier molecular flexibility index (Phi) is 6.60. The second-order valence-corrected chi connectivity index (χ2v) is 7.98. The fourth-order valence-electron chi connectivity index (χ4n) is 3.68. The van der Waals surface area contributed by atoms with Crippen LogP contribution in [0.1, 0.15) is 12.0 Å². The van der Waals surface area contributed by atoms with Crippen LogP contribution < -0.4 is 15.0 Å². The summed E-state index contributed by atoms with van der Waals surface area (Å²) in [4.78, 5) is 41.9. The first-order valence-electron chi connectivity index (χ1n) is 10.3. The van der Waals surface area contributed by atoms with E-state index >= 15 is 0 Å². The average molecular weight is 464 g/mol. The zero-order valence-corrected chi connectivity index (χ0v) is 18.7. The molecule has 4 rings (SSSR count). The van der Waals surface area contributed by atoms with Gasteiger partial charge in [0.25, 0.3) is 5.91 Å². The SMILES string of the molecule is COc1ccc(CN2C(=O)N(c3ccccc3)C(=O)[C@H]2CC(=O)Nc2ccc(Cl)cc2)cc1. The number of anilines is 2. The van der Waals surface area contributed by atoms with Gasteiger partial charge in [0.2, 0.25) is 5.91 Å². The van der Waals surface area contributed by atoms with Crippen molar-refractivity contribution in [2.24, 2.45) is 0 Å². The van der Waals surface area contributed by atoms with Gasteiger partial charge in [-0.25, -0.2) is 9.69 Å². The molecule has 0 radical (unpaired) electrons. The number of benzene rings is 3. The highest BCUT2D eigenvalue weighted by Crippen LogP contribution is 2.29. The van der Waals surface area contributed by atoms with Crippen LogP contribution in [0.3, 0.4) is 0 Å². The van der Waals surface area contributed by atoms with Gasteiger partial charge in [0, 0.05) is 17.3 Å². The Hall–Kier alpha value is -3.84. The van der Waals surface area contributed by atoms with Crippen LogP contribution in [0.15, 0.2) is 78.9 Å². The minimum Gasteiger partial charge on any atom is -0.497 e. The highest BCUT2D eigenvalue weighted by molar-refractivity contribution is 6.30.